The van der Waals surface area contributed by atoms with Crippen LogP contribution in [0.15, 0.2) is 71.7 Å². The SMILES string of the molecule is Oc1c(/C=N/c2ccccc2)ccc2c1-c1ccccc1C2. The van der Waals surface area contributed by atoms with E-state index in [-0.39, 0.29) is 0 Å². The van der Waals surface area contributed by atoms with E-state index in [1.165, 1.54) is 11.1 Å². The zero-order valence-electron chi connectivity index (χ0n) is 12.0. The van der Waals surface area contributed by atoms with Crippen molar-refractivity contribution in [2.75, 3.05) is 0 Å². The Kier molecular flexibility index (Phi) is 3.01. The number of benzene rings is 3. The average molecular weight is 285 g/mol. The standard InChI is InChI=1S/C20H15NO/c22-20-16(13-21-17-7-2-1-3-8-17)11-10-15-12-14-6-4-5-9-18(14)19(15)20/h1-11,13,22H,12H2/b21-13+. The van der Waals surface area contributed by atoms with Crippen molar-refractivity contribution in [3.63, 3.8) is 0 Å². The molecule has 3 aromatic rings. The summed E-state index contributed by atoms with van der Waals surface area (Å²) in [6.07, 6.45) is 2.61. The molecule has 0 saturated heterocycles. The topological polar surface area (TPSA) is 32.6 Å². The van der Waals surface area contributed by atoms with E-state index in [0.29, 0.717) is 5.75 Å². The fraction of sp³-hybridized carbons (Fsp3) is 0.0500. The van der Waals surface area contributed by atoms with Crippen LogP contribution in [0.25, 0.3) is 11.1 Å². The van der Waals surface area contributed by atoms with Gasteiger partial charge < -0.3 is 5.11 Å². The lowest BCUT2D eigenvalue weighted by molar-refractivity contribution is 0.476. The summed E-state index contributed by atoms with van der Waals surface area (Å²) in [5.41, 5.74) is 6.15. The molecule has 0 atom stereocenters. The molecule has 0 aliphatic heterocycles. The molecule has 0 radical (unpaired) electrons. The van der Waals surface area contributed by atoms with Gasteiger partial charge in [-0.3, -0.25) is 4.99 Å². The van der Waals surface area contributed by atoms with Gasteiger partial charge in [0.1, 0.15) is 5.75 Å². The van der Waals surface area contributed by atoms with Crippen molar-refractivity contribution in [1.29, 1.82) is 0 Å². The number of aliphatic imine (C=N–C) groups is 1. The van der Waals surface area contributed by atoms with E-state index in [0.717, 1.165) is 28.8 Å². The van der Waals surface area contributed by atoms with Gasteiger partial charge in [0.05, 0.1) is 5.69 Å². The Morgan fingerprint density at radius 2 is 1.59 bits per heavy atom. The van der Waals surface area contributed by atoms with E-state index in [4.69, 9.17) is 0 Å². The minimum atomic E-state index is 0.321. The summed E-state index contributed by atoms with van der Waals surface area (Å²) in [6.45, 7) is 0. The zero-order chi connectivity index (χ0) is 14.9. The summed E-state index contributed by atoms with van der Waals surface area (Å²) < 4.78 is 0. The summed E-state index contributed by atoms with van der Waals surface area (Å²) in [7, 11) is 0. The highest BCUT2D eigenvalue weighted by Gasteiger charge is 2.22. The average Bonchev–Trinajstić information content (AvgIpc) is 2.94. The van der Waals surface area contributed by atoms with Crippen LogP contribution in [-0.4, -0.2) is 11.3 Å². The second-order valence-corrected chi connectivity index (χ2v) is 5.47. The molecule has 0 heterocycles. The minimum Gasteiger partial charge on any atom is -0.507 e. The Morgan fingerprint density at radius 3 is 2.45 bits per heavy atom. The first-order chi connectivity index (χ1) is 10.8. The van der Waals surface area contributed by atoms with Crippen molar-refractivity contribution in [1.82, 2.24) is 0 Å². The maximum Gasteiger partial charge on any atom is 0.132 e. The van der Waals surface area contributed by atoms with Crippen molar-refractivity contribution in [2.24, 2.45) is 4.99 Å². The maximum absolute atomic E-state index is 10.6. The lowest BCUT2D eigenvalue weighted by atomic mass is 10.0. The highest BCUT2D eigenvalue weighted by atomic mass is 16.3. The van der Waals surface area contributed by atoms with Crippen molar-refractivity contribution in [3.05, 3.63) is 83.4 Å². The molecule has 2 nitrogen and oxygen atoms in total. The van der Waals surface area contributed by atoms with E-state index in [1.54, 1.807) is 6.21 Å². The van der Waals surface area contributed by atoms with Gasteiger partial charge in [0.2, 0.25) is 0 Å². The number of rotatable bonds is 2. The Hall–Kier alpha value is -2.87. The van der Waals surface area contributed by atoms with Crippen LogP contribution in [0.4, 0.5) is 5.69 Å². The van der Waals surface area contributed by atoms with E-state index in [2.05, 4.69) is 23.2 Å². The fourth-order valence-corrected chi connectivity index (χ4v) is 2.98. The van der Waals surface area contributed by atoms with Crippen LogP contribution in [0.3, 0.4) is 0 Å². The number of para-hydroxylation sites is 1. The van der Waals surface area contributed by atoms with E-state index in [1.807, 2.05) is 48.5 Å². The number of hydrogen-bond acceptors (Lipinski definition) is 2. The minimum absolute atomic E-state index is 0.321. The highest BCUT2D eigenvalue weighted by Crippen LogP contribution is 2.43. The maximum atomic E-state index is 10.6. The quantitative estimate of drug-likeness (QED) is 0.531. The number of phenols is 1. The molecule has 4 rings (SSSR count). The summed E-state index contributed by atoms with van der Waals surface area (Å²) in [5, 5.41) is 10.6. The second kappa shape index (κ2) is 5.15. The molecule has 2 heteroatoms. The van der Waals surface area contributed by atoms with Crippen molar-refractivity contribution < 1.29 is 5.11 Å². The van der Waals surface area contributed by atoms with Gasteiger partial charge in [-0.25, -0.2) is 0 Å². The van der Waals surface area contributed by atoms with Gasteiger partial charge in [0.25, 0.3) is 0 Å². The molecule has 1 aliphatic carbocycles. The number of hydrogen-bond donors (Lipinski definition) is 1. The fourth-order valence-electron chi connectivity index (χ4n) is 2.98. The number of fused-ring (bicyclic) bond motifs is 3. The van der Waals surface area contributed by atoms with Crippen LogP contribution in [0.5, 0.6) is 5.75 Å². The van der Waals surface area contributed by atoms with Crippen LogP contribution < -0.4 is 0 Å². The Labute approximate surface area is 129 Å². The van der Waals surface area contributed by atoms with Crippen molar-refractivity contribution >= 4 is 11.9 Å². The molecule has 0 spiro atoms. The van der Waals surface area contributed by atoms with Crippen LogP contribution in [0.1, 0.15) is 16.7 Å². The third-order valence-electron chi connectivity index (χ3n) is 4.07. The molecular weight excluding hydrogens is 270 g/mol. The van der Waals surface area contributed by atoms with Gasteiger partial charge in [0.15, 0.2) is 0 Å². The monoisotopic (exact) mass is 285 g/mol. The molecule has 0 fully saturated rings. The lowest BCUT2D eigenvalue weighted by Crippen LogP contribution is -1.88. The molecule has 0 saturated carbocycles. The largest absolute Gasteiger partial charge is 0.507 e. The smallest absolute Gasteiger partial charge is 0.132 e. The van der Waals surface area contributed by atoms with E-state index < -0.39 is 0 Å². The highest BCUT2D eigenvalue weighted by molar-refractivity contribution is 5.93. The van der Waals surface area contributed by atoms with Crippen LogP contribution in [0, 0.1) is 0 Å². The molecule has 22 heavy (non-hydrogen) atoms. The molecular formula is C20H15NO. The summed E-state index contributed by atoms with van der Waals surface area (Å²) in [6, 6.07) is 22.0. The van der Waals surface area contributed by atoms with E-state index >= 15 is 0 Å². The normalized spacial score (nSPS) is 12.4. The predicted molar refractivity (Wildman–Crippen MR) is 90.0 cm³/mol. The second-order valence-electron chi connectivity index (χ2n) is 5.47. The first kappa shape index (κ1) is 12.8. The van der Waals surface area contributed by atoms with Crippen molar-refractivity contribution in [2.45, 2.75) is 6.42 Å². The van der Waals surface area contributed by atoms with Crippen LogP contribution >= 0.6 is 0 Å². The molecule has 1 aliphatic rings. The molecule has 0 amide bonds. The lowest BCUT2D eigenvalue weighted by Gasteiger charge is -2.07. The first-order valence-corrected chi connectivity index (χ1v) is 7.35. The number of phenolic OH excluding ortho intramolecular Hbond substituents is 1. The van der Waals surface area contributed by atoms with Gasteiger partial charge in [-0.15, -0.1) is 0 Å². The Balaban J connectivity index is 1.77. The molecule has 106 valence electrons. The van der Waals surface area contributed by atoms with Crippen LogP contribution in [-0.2, 0) is 6.42 Å². The molecule has 3 aromatic carbocycles. The summed E-state index contributed by atoms with van der Waals surface area (Å²) in [5.74, 6) is 0.321. The van der Waals surface area contributed by atoms with Gasteiger partial charge in [0, 0.05) is 17.3 Å². The van der Waals surface area contributed by atoms with E-state index in [9.17, 15) is 5.11 Å². The van der Waals surface area contributed by atoms with Gasteiger partial charge in [-0.05, 0) is 41.3 Å². The third kappa shape index (κ3) is 2.09. The Morgan fingerprint density at radius 1 is 0.818 bits per heavy atom. The molecule has 0 unspecified atom stereocenters. The number of nitrogens with zero attached hydrogens (tertiary/aromatic N) is 1. The van der Waals surface area contributed by atoms with Crippen LogP contribution in [0.2, 0.25) is 0 Å². The molecule has 0 bridgehead atoms. The van der Waals surface area contributed by atoms with Gasteiger partial charge >= 0.3 is 0 Å². The molecule has 1 N–H and O–H groups in total. The zero-order valence-corrected chi connectivity index (χ0v) is 12.0. The van der Waals surface area contributed by atoms with Gasteiger partial charge in [-0.2, -0.15) is 0 Å². The summed E-state index contributed by atoms with van der Waals surface area (Å²) in [4.78, 5) is 4.43. The van der Waals surface area contributed by atoms with Crippen molar-refractivity contribution in [3.8, 4) is 16.9 Å². The first-order valence-electron chi connectivity index (χ1n) is 7.35. The molecule has 0 aromatic heterocycles. The predicted octanol–water partition coefficient (Wildman–Crippen LogP) is 4.71. The summed E-state index contributed by atoms with van der Waals surface area (Å²) >= 11 is 0. The Bertz CT molecular complexity index is 866. The van der Waals surface area contributed by atoms with Gasteiger partial charge in [-0.1, -0.05) is 48.5 Å². The third-order valence-corrected chi connectivity index (χ3v) is 4.07. The number of aromatic hydroxyl groups is 1.